The summed E-state index contributed by atoms with van der Waals surface area (Å²) >= 11 is 0. The van der Waals surface area contributed by atoms with Crippen molar-refractivity contribution >= 4 is 24.2 Å². The number of hydrogen-bond donors (Lipinski definition) is 0. The fourth-order valence-corrected chi connectivity index (χ4v) is 2.56. The summed E-state index contributed by atoms with van der Waals surface area (Å²) in [6, 6.07) is 14.8. The smallest absolute Gasteiger partial charge is 0.396 e. The predicted octanol–water partition coefficient (Wildman–Crippen LogP) is 1.41. The van der Waals surface area contributed by atoms with E-state index in [1.165, 1.54) is 16.8 Å². The Bertz CT molecular complexity index is 607. The lowest BCUT2D eigenvalue weighted by Gasteiger charge is -2.28. The molecule has 1 aromatic carbocycles. The monoisotopic (exact) mass is 235 g/mol. The number of aryl methyl sites for hydroxylation is 1. The summed E-state index contributed by atoms with van der Waals surface area (Å²) in [5.41, 5.74) is 3.87. The molecule has 18 heavy (non-hydrogen) atoms. The number of fused-ring (bicyclic) bond motifs is 1. The van der Waals surface area contributed by atoms with E-state index in [2.05, 4.69) is 84.2 Å². The van der Waals surface area contributed by atoms with Gasteiger partial charge in [-0.25, -0.2) is 4.57 Å². The highest BCUT2D eigenvalue weighted by atomic mass is 15.1. The Morgan fingerprint density at radius 3 is 2.67 bits per heavy atom. The zero-order valence-electron chi connectivity index (χ0n) is 10.7. The van der Waals surface area contributed by atoms with Gasteiger partial charge in [0.15, 0.2) is 11.8 Å². The molecule has 0 spiro atoms. The minimum Gasteiger partial charge on any atom is -0.405 e. The molecule has 1 aliphatic heterocycles. The third-order valence-electron chi connectivity index (χ3n) is 3.59. The second-order valence-electron chi connectivity index (χ2n) is 4.71. The summed E-state index contributed by atoms with van der Waals surface area (Å²) in [6.07, 6.45) is 4.31. The van der Waals surface area contributed by atoms with E-state index >= 15 is 0 Å². The van der Waals surface area contributed by atoms with Gasteiger partial charge in [0.05, 0.1) is 0 Å². The van der Waals surface area contributed by atoms with Crippen LogP contribution < -0.4 is 15.0 Å². The summed E-state index contributed by atoms with van der Waals surface area (Å²) < 4.78 is 2.18. The molecule has 1 aromatic heterocycles. The SMILES string of the molecule is CN1B(c2cccc[n+]2C)C=Cc2ccccc21. The average molecular weight is 235 g/mol. The first kappa shape index (κ1) is 11.1. The molecular formula is C15H16BN2+. The van der Waals surface area contributed by atoms with Gasteiger partial charge in [0.2, 0.25) is 0 Å². The molecule has 0 unspecified atom stereocenters. The fraction of sp³-hybridized carbons (Fsp3) is 0.133. The molecule has 0 bridgehead atoms. The molecule has 0 aliphatic carbocycles. The molecule has 0 saturated heterocycles. The van der Waals surface area contributed by atoms with Gasteiger partial charge in [-0.3, -0.25) is 0 Å². The van der Waals surface area contributed by atoms with Crippen LogP contribution in [0.25, 0.3) is 6.08 Å². The maximum Gasteiger partial charge on any atom is 0.396 e. The number of anilines is 1. The normalized spacial score (nSPS) is 13.7. The van der Waals surface area contributed by atoms with Gasteiger partial charge in [-0.15, -0.1) is 0 Å². The summed E-state index contributed by atoms with van der Waals surface area (Å²) in [7, 11) is 4.25. The van der Waals surface area contributed by atoms with Crippen molar-refractivity contribution in [3.8, 4) is 0 Å². The van der Waals surface area contributed by atoms with Crippen LogP contribution in [0.1, 0.15) is 5.56 Å². The van der Waals surface area contributed by atoms with Crippen molar-refractivity contribution in [3.63, 3.8) is 0 Å². The molecule has 1 aliphatic rings. The minimum atomic E-state index is 0.297. The Morgan fingerprint density at radius 2 is 1.83 bits per heavy atom. The average Bonchev–Trinajstić information content (AvgIpc) is 2.41. The Labute approximate surface area is 108 Å². The first-order chi connectivity index (χ1) is 8.77. The first-order valence-corrected chi connectivity index (χ1v) is 6.22. The Kier molecular flexibility index (Phi) is 2.67. The predicted molar refractivity (Wildman–Crippen MR) is 76.9 cm³/mol. The number of pyridine rings is 1. The second kappa shape index (κ2) is 4.33. The summed E-state index contributed by atoms with van der Waals surface area (Å²) in [4.78, 5) is 2.32. The molecule has 0 saturated carbocycles. The molecule has 3 heteroatoms. The lowest BCUT2D eigenvalue weighted by Crippen LogP contribution is -2.60. The Hall–Kier alpha value is -2.03. The van der Waals surface area contributed by atoms with E-state index in [9.17, 15) is 0 Å². The minimum absolute atomic E-state index is 0.297. The lowest BCUT2D eigenvalue weighted by molar-refractivity contribution is -0.654. The maximum atomic E-state index is 2.32. The van der Waals surface area contributed by atoms with Crippen molar-refractivity contribution in [2.45, 2.75) is 0 Å². The third-order valence-corrected chi connectivity index (χ3v) is 3.59. The summed E-state index contributed by atoms with van der Waals surface area (Å²) in [5.74, 6) is 2.26. The zero-order chi connectivity index (χ0) is 12.5. The summed E-state index contributed by atoms with van der Waals surface area (Å²) in [6.45, 7) is 0.297. The van der Waals surface area contributed by atoms with Crippen LogP contribution in [0, 0.1) is 0 Å². The number of para-hydroxylation sites is 1. The molecule has 0 fully saturated rings. The largest absolute Gasteiger partial charge is 0.405 e. The number of aromatic nitrogens is 1. The third kappa shape index (κ3) is 1.72. The van der Waals surface area contributed by atoms with Crippen LogP contribution in [0.15, 0.2) is 54.6 Å². The summed E-state index contributed by atoms with van der Waals surface area (Å²) in [5, 5.41) is 0. The van der Waals surface area contributed by atoms with E-state index < -0.39 is 0 Å². The molecule has 0 atom stereocenters. The maximum absolute atomic E-state index is 2.32. The van der Waals surface area contributed by atoms with Crippen molar-refractivity contribution in [3.05, 3.63) is 60.2 Å². The van der Waals surface area contributed by atoms with Gasteiger partial charge >= 0.3 is 6.85 Å². The second-order valence-corrected chi connectivity index (χ2v) is 4.71. The highest BCUT2D eigenvalue weighted by Gasteiger charge is 2.31. The van der Waals surface area contributed by atoms with Crippen LogP contribution in [0.3, 0.4) is 0 Å². The van der Waals surface area contributed by atoms with Crippen molar-refractivity contribution < 1.29 is 4.57 Å². The topological polar surface area (TPSA) is 7.12 Å². The van der Waals surface area contributed by atoms with E-state index in [4.69, 9.17) is 0 Å². The van der Waals surface area contributed by atoms with Gasteiger partial charge in [0.1, 0.15) is 7.05 Å². The molecule has 0 amide bonds. The molecule has 2 heterocycles. The Morgan fingerprint density at radius 1 is 1.06 bits per heavy atom. The lowest BCUT2D eigenvalue weighted by atomic mass is 9.55. The van der Waals surface area contributed by atoms with E-state index in [1.54, 1.807) is 0 Å². The van der Waals surface area contributed by atoms with Crippen LogP contribution in [-0.4, -0.2) is 13.9 Å². The first-order valence-electron chi connectivity index (χ1n) is 6.22. The molecular weight excluding hydrogens is 219 g/mol. The number of benzene rings is 1. The Balaban J connectivity index is 2.06. The van der Waals surface area contributed by atoms with E-state index in [-0.39, 0.29) is 0 Å². The molecule has 0 radical (unpaired) electrons. The highest BCUT2D eigenvalue weighted by Crippen LogP contribution is 2.25. The van der Waals surface area contributed by atoms with Crippen molar-refractivity contribution in [2.24, 2.45) is 7.05 Å². The number of hydrogen-bond acceptors (Lipinski definition) is 1. The van der Waals surface area contributed by atoms with Gasteiger partial charge < -0.3 is 4.81 Å². The van der Waals surface area contributed by atoms with Gasteiger partial charge in [-0.2, -0.15) is 0 Å². The standard InChI is InChI=1S/C15H16BN2/c1-17-12-6-5-9-15(17)16-11-10-13-7-3-4-8-14(13)18(16)2/h3-12H,1-2H3/q+1. The van der Waals surface area contributed by atoms with Crippen molar-refractivity contribution in [1.29, 1.82) is 0 Å². The molecule has 88 valence electrons. The van der Waals surface area contributed by atoms with Crippen molar-refractivity contribution in [2.75, 3.05) is 11.9 Å². The van der Waals surface area contributed by atoms with Crippen LogP contribution in [0.4, 0.5) is 5.69 Å². The van der Waals surface area contributed by atoms with Gasteiger partial charge in [-0.05, 0) is 24.7 Å². The van der Waals surface area contributed by atoms with Gasteiger partial charge in [-0.1, -0.05) is 36.3 Å². The van der Waals surface area contributed by atoms with Crippen LogP contribution in [0.2, 0.25) is 0 Å². The van der Waals surface area contributed by atoms with E-state index in [1.807, 2.05) is 0 Å². The zero-order valence-corrected chi connectivity index (χ0v) is 10.7. The van der Waals surface area contributed by atoms with Gasteiger partial charge in [0, 0.05) is 11.8 Å². The molecule has 3 rings (SSSR count). The molecule has 0 N–H and O–H groups in total. The fourth-order valence-electron chi connectivity index (χ4n) is 2.56. The van der Waals surface area contributed by atoms with E-state index in [0.29, 0.717) is 6.85 Å². The number of rotatable bonds is 1. The van der Waals surface area contributed by atoms with Gasteiger partial charge in [0.25, 0.3) is 0 Å². The quantitative estimate of drug-likeness (QED) is 0.535. The van der Waals surface area contributed by atoms with Crippen LogP contribution in [-0.2, 0) is 7.05 Å². The highest BCUT2D eigenvalue weighted by molar-refractivity contribution is 6.80. The van der Waals surface area contributed by atoms with Crippen molar-refractivity contribution in [1.82, 2.24) is 0 Å². The molecule has 2 nitrogen and oxygen atoms in total. The molecule has 2 aromatic rings. The van der Waals surface area contributed by atoms with Crippen LogP contribution in [0.5, 0.6) is 0 Å². The van der Waals surface area contributed by atoms with Crippen LogP contribution >= 0.6 is 0 Å². The number of nitrogens with zero attached hydrogens (tertiary/aromatic N) is 2. The van der Waals surface area contributed by atoms with E-state index in [0.717, 1.165) is 0 Å².